The van der Waals surface area contributed by atoms with Crippen LogP contribution in [-0.4, -0.2) is 30.5 Å². The Kier molecular flexibility index (Phi) is 8.39. The first-order valence-corrected chi connectivity index (χ1v) is 9.87. The summed E-state index contributed by atoms with van der Waals surface area (Å²) in [5.74, 6) is -0.551. The monoisotopic (exact) mass is 392 g/mol. The number of nitrogens with zero attached hydrogens (tertiary/aromatic N) is 1. The van der Waals surface area contributed by atoms with Crippen molar-refractivity contribution in [1.82, 2.24) is 10.3 Å². The molecule has 1 N–H and O–H groups in total. The number of hydrogen-bond acceptors (Lipinski definition) is 5. The molecule has 0 aliphatic rings. The van der Waals surface area contributed by atoms with Gasteiger partial charge in [-0.3, -0.25) is 9.59 Å². The van der Waals surface area contributed by atoms with E-state index in [0.717, 1.165) is 36.3 Å². The number of rotatable bonds is 10. The van der Waals surface area contributed by atoms with Gasteiger partial charge in [0, 0.05) is 19.4 Å². The highest BCUT2D eigenvalue weighted by Gasteiger charge is 2.15. The lowest BCUT2D eigenvalue weighted by Gasteiger charge is -2.04. The van der Waals surface area contributed by atoms with E-state index in [1.165, 1.54) is 30.6 Å². The second-order valence-corrected chi connectivity index (χ2v) is 7.41. The number of benzene rings is 1. The van der Waals surface area contributed by atoms with Crippen LogP contribution < -0.4 is 5.32 Å². The van der Waals surface area contributed by atoms with Gasteiger partial charge in [-0.15, -0.1) is 11.3 Å². The molecule has 2 aromatic rings. The third kappa shape index (κ3) is 7.09. The van der Waals surface area contributed by atoms with Crippen LogP contribution in [0.25, 0.3) is 0 Å². The number of halogens is 1. The Morgan fingerprint density at radius 1 is 1.15 bits per heavy atom. The third-order valence-corrected chi connectivity index (χ3v) is 5.29. The molecule has 1 heterocycles. The summed E-state index contributed by atoms with van der Waals surface area (Å²) in [4.78, 5) is 28.4. The zero-order valence-electron chi connectivity index (χ0n) is 15.7. The standard InChI is InChI=1S/C20H25FN2O3S/c1-14-19(20(25)22-12-6-4-3-5-7-18(24)26-2)27-17(23-14)13-15-8-10-16(21)11-9-15/h8-11H,3-7,12-13H2,1-2H3,(H,22,25). The number of amides is 1. The summed E-state index contributed by atoms with van der Waals surface area (Å²) in [7, 11) is 1.39. The minimum Gasteiger partial charge on any atom is -0.469 e. The van der Waals surface area contributed by atoms with Gasteiger partial charge in [0.25, 0.3) is 5.91 Å². The average molecular weight is 392 g/mol. The normalized spacial score (nSPS) is 10.6. The second kappa shape index (κ2) is 10.8. The number of nitrogens with one attached hydrogen (secondary N) is 1. The summed E-state index contributed by atoms with van der Waals surface area (Å²) in [6.07, 6.45) is 4.59. The fourth-order valence-electron chi connectivity index (χ4n) is 2.65. The summed E-state index contributed by atoms with van der Waals surface area (Å²) < 4.78 is 17.6. The van der Waals surface area contributed by atoms with Gasteiger partial charge in [-0.05, 0) is 37.5 Å². The highest BCUT2D eigenvalue weighted by Crippen LogP contribution is 2.21. The van der Waals surface area contributed by atoms with Gasteiger partial charge in [-0.2, -0.15) is 0 Å². The van der Waals surface area contributed by atoms with Crippen LogP contribution in [0.4, 0.5) is 4.39 Å². The highest BCUT2D eigenvalue weighted by atomic mass is 32.1. The molecule has 0 atom stereocenters. The van der Waals surface area contributed by atoms with E-state index in [9.17, 15) is 14.0 Å². The molecule has 7 heteroatoms. The zero-order chi connectivity index (χ0) is 19.6. The third-order valence-electron chi connectivity index (χ3n) is 4.14. The van der Waals surface area contributed by atoms with Crippen LogP contribution in [0.3, 0.4) is 0 Å². The van der Waals surface area contributed by atoms with Crippen molar-refractivity contribution in [3.63, 3.8) is 0 Å². The smallest absolute Gasteiger partial charge is 0.305 e. The van der Waals surface area contributed by atoms with Crippen LogP contribution in [0.15, 0.2) is 24.3 Å². The molecule has 2 rings (SSSR count). The van der Waals surface area contributed by atoms with Crippen LogP contribution in [0.1, 0.15) is 58.0 Å². The molecule has 0 aliphatic carbocycles. The summed E-state index contributed by atoms with van der Waals surface area (Å²) in [5, 5.41) is 3.77. The lowest BCUT2D eigenvalue weighted by molar-refractivity contribution is -0.140. The zero-order valence-corrected chi connectivity index (χ0v) is 16.5. The topological polar surface area (TPSA) is 68.3 Å². The van der Waals surface area contributed by atoms with Gasteiger partial charge < -0.3 is 10.1 Å². The fraction of sp³-hybridized carbons (Fsp3) is 0.450. The lowest BCUT2D eigenvalue weighted by atomic mass is 10.1. The Bertz CT molecular complexity index is 759. The molecule has 0 spiro atoms. The van der Waals surface area contributed by atoms with Crippen molar-refractivity contribution in [2.45, 2.75) is 45.4 Å². The number of carbonyl (C=O) groups excluding carboxylic acids is 2. The Labute approximate surface area is 163 Å². The highest BCUT2D eigenvalue weighted by molar-refractivity contribution is 7.13. The molecule has 0 bridgehead atoms. The average Bonchev–Trinajstić information content (AvgIpc) is 3.02. The van der Waals surface area contributed by atoms with Crippen LogP contribution in [-0.2, 0) is 16.0 Å². The van der Waals surface area contributed by atoms with E-state index < -0.39 is 0 Å². The minimum atomic E-state index is -0.264. The number of carbonyl (C=O) groups is 2. The number of aromatic nitrogens is 1. The summed E-state index contributed by atoms with van der Waals surface area (Å²) in [5.41, 5.74) is 1.68. The van der Waals surface area contributed by atoms with Crippen molar-refractivity contribution >= 4 is 23.2 Å². The molecule has 0 radical (unpaired) electrons. The van der Waals surface area contributed by atoms with Gasteiger partial charge in [0.15, 0.2) is 0 Å². The number of hydrogen-bond donors (Lipinski definition) is 1. The Balaban J connectivity index is 1.74. The molecular formula is C20H25FN2O3S. The van der Waals surface area contributed by atoms with E-state index >= 15 is 0 Å². The maximum Gasteiger partial charge on any atom is 0.305 e. The predicted octanol–water partition coefficient (Wildman–Crippen LogP) is 4.03. The molecule has 0 fully saturated rings. The fourth-order valence-corrected chi connectivity index (χ4v) is 3.66. The quantitative estimate of drug-likeness (QED) is 0.490. The SMILES string of the molecule is COC(=O)CCCCCCNC(=O)c1sc(Cc2ccc(F)cc2)nc1C. The van der Waals surface area contributed by atoms with Gasteiger partial charge in [0.05, 0.1) is 17.8 Å². The summed E-state index contributed by atoms with van der Waals surface area (Å²) >= 11 is 1.38. The van der Waals surface area contributed by atoms with E-state index in [-0.39, 0.29) is 17.7 Å². The molecule has 27 heavy (non-hydrogen) atoms. The first-order valence-electron chi connectivity index (χ1n) is 9.05. The molecule has 1 aromatic carbocycles. The van der Waals surface area contributed by atoms with Crippen LogP contribution in [0.2, 0.25) is 0 Å². The van der Waals surface area contributed by atoms with Crippen LogP contribution in [0.5, 0.6) is 0 Å². The first kappa shape index (κ1) is 21.0. The van der Waals surface area contributed by atoms with Crippen molar-refractivity contribution in [3.05, 3.63) is 51.2 Å². The number of methoxy groups -OCH3 is 1. The van der Waals surface area contributed by atoms with E-state index in [1.54, 1.807) is 12.1 Å². The van der Waals surface area contributed by atoms with Gasteiger partial charge in [-0.25, -0.2) is 9.37 Å². The molecule has 0 saturated heterocycles. The van der Waals surface area contributed by atoms with Crippen LogP contribution >= 0.6 is 11.3 Å². The maximum absolute atomic E-state index is 13.0. The Morgan fingerprint density at radius 2 is 1.85 bits per heavy atom. The number of thiazole rings is 1. The number of ether oxygens (including phenoxy) is 1. The van der Waals surface area contributed by atoms with E-state index in [0.29, 0.717) is 30.0 Å². The van der Waals surface area contributed by atoms with Crippen molar-refractivity contribution < 1.29 is 18.7 Å². The van der Waals surface area contributed by atoms with Crippen molar-refractivity contribution in [2.24, 2.45) is 0 Å². The molecule has 0 unspecified atom stereocenters. The Hall–Kier alpha value is -2.28. The van der Waals surface area contributed by atoms with E-state index in [4.69, 9.17) is 0 Å². The minimum absolute atomic E-state index is 0.107. The van der Waals surface area contributed by atoms with Gasteiger partial charge in [-0.1, -0.05) is 25.0 Å². The first-order chi connectivity index (χ1) is 13.0. The van der Waals surface area contributed by atoms with Gasteiger partial charge in [0.1, 0.15) is 10.7 Å². The maximum atomic E-state index is 13.0. The molecule has 0 saturated carbocycles. The number of unbranched alkanes of at least 4 members (excludes halogenated alkanes) is 3. The molecule has 146 valence electrons. The summed E-state index contributed by atoms with van der Waals surface area (Å²) in [6, 6.07) is 6.31. The van der Waals surface area contributed by atoms with E-state index in [2.05, 4.69) is 15.0 Å². The molecule has 1 amide bonds. The van der Waals surface area contributed by atoms with Crippen molar-refractivity contribution in [3.8, 4) is 0 Å². The predicted molar refractivity (Wildman–Crippen MR) is 103 cm³/mol. The van der Waals surface area contributed by atoms with Crippen LogP contribution in [0, 0.1) is 12.7 Å². The van der Waals surface area contributed by atoms with Crippen molar-refractivity contribution in [2.75, 3.05) is 13.7 Å². The van der Waals surface area contributed by atoms with E-state index in [1.807, 2.05) is 6.92 Å². The number of aryl methyl sites for hydroxylation is 1. The molecule has 0 aliphatic heterocycles. The van der Waals surface area contributed by atoms with Gasteiger partial charge in [0.2, 0.25) is 0 Å². The van der Waals surface area contributed by atoms with Gasteiger partial charge >= 0.3 is 5.97 Å². The summed E-state index contributed by atoms with van der Waals surface area (Å²) in [6.45, 7) is 2.42. The van der Waals surface area contributed by atoms with Crippen molar-refractivity contribution in [1.29, 1.82) is 0 Å². The largest absolute Gasteiger partial charge is 0.469 e. The number of esters is 1. The lowest BCUT2D eigenvalue weighted by Crippen LogP contribution is -2.24. The molecule has 1 aromatic heterocycles. The Morgan fingerprint density at radius 3 is 2.56 bits per heavy atom. The molecular weight excluding hydrogens is 367 g/mol. The second-order valence-electron chi connectivity index (χ2n) is 6.32. The molecule has 5 nitrogen and oxygen atoms in total.